The first-order valence-electron chi connectivity index (χ1n) is 8.02. The molecule has 2 aromatic rings. The maximum atomic E-state index is 3.74. The van der Waals surface area contributed by atoms with E-state index in [9.17, 15) is 0 Å². The summed E-state index contributed by atoms with van der Waals surface area (Å²) >= 11 is 0. The second kappa shape index (κ2) is 6.01. The number of aromatic nitrogens is 1. The number of fused-ring (bicyclic) bond motifs is 1. The molecule has 1 aliphatic rings. The van der Waals surface area contributed by atoms with E-state index in [0.717, 1.165) is 25.0 Å². The van der Waals surface area contributed by atoms with Gasteiger partial charge in [0, 0.05) is 36.2 Å². The Hall–Kier alpha value is -1.28. The molecule has 0 bridgehead atoms. The Bertz CT molecular complexity index is 562. The molecule has 0 radical (unpaired) electrons. The number of nitrogens with zero attached hydrogens (tertiary/aromatic N) is 1. The van der Waals surface area contributed by atoms with Gasteiger partial charge in [-0.2, -0.15) is 0 Å². The highest BCUT2D eigenvalue weighted by Gasteiger charge is 2.17. The largest absolute Gasteiger partial charge is 0.346 e. The van der Waals surface area contributed by atoms with Crippen LogP contribution in [0.25, 0.3) is 10.9 Å². The van der Waals surface area contributed by atoms with Crippen molar-refractivity contribution >= 4 is 10.9 Å². The second-order valence-electron chi connectivity index (χ2n) is 6.43. The fraction of sp³-hybridized carbons (Fsp3) is 0.556. The van der Waals surface area contributed by atoms with Crippen LogP contribution in [0.5, 0.6) is 0 Å². The minimum atomic E-state index is 0.745. The second-order valence-corrected chi connectivity index (χ2v) is 6.43. The zero-order valence-corrected chi connectivity index (χ0v) is 12.7. The van der Waals surface area contributed by atoms with Crippen LogP contribution < -0.4 is 5.32 Å². The quantitative estimate of drug-likeness (QED) is 0.884. The molecule has 1 N–H and O–H groups in total. The molecule has 2 heteroatoms. The molecule has 1 aromatic carbocycles. The number of nitrogens with one attached hydrogen (secondary N) is 1. The molecular weight excluding hydrogens is 244 g/mol. The Morgan fingerprint density at radius 2 is 1.90 bits per heavy atom. The smallest absolute Gasteiger partial charge is 0.0483 e. The maximum Gasteiger partial charge on any atom is 0.0483 e. The van der Waals surface area contributed by atoms with E-state index in [1.807, 2.05) is 0 Å². The first-order valence-corrected chi connectivity index (χ1v) is 8.02. The number of hydrogen-bond acceptors (Lipinski definition) is 1. The van der Waals surface area contributed by atoms with Gasteiger partial charge in [-0.15, -0.1) is 0 Å². The van der Waals surface area contributed by atoms with Crippen molar-refractivity contribution in [3.05, 3.63) is 36.0 Å². The summed E-state index contributed by atoms with van der Waals surface area (Å²) in [6.45, 7) is 6.73. The third-order valence-electron chi connectivity index (χ3n) is 4.79. The molecule has 1 heterocycles. The average Bonchev–Trinajstić information content (AvgIpc) is 2.79. The zero-order valence-electron chi connectivity index (χ0n) is 12.7. The van der Waals surface area contributed by atoms with Crippen molar-refractivity contribution in [2.45, 2.75) is 52.1 Å². The number of para-hydroxylation sites is 1. The van der Waals surface area contributed by atoms with Gasteiger partial charge in [-0.1, -0.05) is 25.1 Å². The van der Waals surface area contributed by atoms with Crippen molar-refractivity contribution in [3.8, 4) is 0 Å². The Balaban J connectivity index is 1.57. The molecule has 20 heavy (non-hydrogen) atoms. The minimum Gasteiger partial charge on any atom is -0.346 e. The molecule has 0 aliphatic heterocycles. The Morgan fingerprint density at radius 1 is 1.15 bits per heavy atom. The van der Waals surface area contributed by atoms with E-state index in [4.69, 9.17) is 0 Å². The third-order valence-corrected chi connectivity index (χ3v) is 4.79. The highest BCUT2D eigenvalue weighted by molar-refractivity contribution is 5.83. The van der Waals surface area contributed by atoms with Crippen LogP contribution >= 0.6 is 0 Å². The van der Waals surface area contributed by atoms with Gasteiger partial charge in [0.2, 0.25) is 0 Å². The summed E-state index contributed by atoms with van der Waals surface area (Å²) in [5.74, 6) is 0.934. The Labute approximate surface area is 122 Å². The van der Waals surface area contributed by atoms with E-state index < -0.39 is 0 Å². The molecule has 1 fully saturated rings. The normalized spacial score (nSPS) is 23.3. The lowest BCUT2D eigenvalue weighted by Gasteiger charge is -2.27. The molecule has 2 nitrogen and oxygen atoms in total. The summed E-state index contributed by atoms with van der Waals surface area (Å²) in [6, 6.07) is 9.45. The summed E-state index contributed by atoms with van der Waals surface area (Å²) in [5.41, 5.74) is 2.75. The van der Waals surface area contributed by atoms with Gasteiger partial charge >= 0.3 is 0 Å². The van der Waals surface area contributed by atoms with E-state index in [-0.39, 0.29) is 0 Å². The van der Waals surface area contributed by atoms with Crippen LogP contribution in [0.3, 0.4) is 0 Å². The molecule has 0 unspecified atom stereocenters. The summed E-state index contributed by atoms with van der Waals surface area (Å²) in [6.07, 6.45) is 7.78. The summed E-state index contributed by atoms with van der Waals surface area (Å²) in [7, 11) is 0. The van der Waals surface area contributed by atoms with Crippen LogP contribution in [-0.4, -0.2) is 17.2 Å². The highest BCUT2D eigenvalue weighted by Crippen LogP contribution is 2.23. The zero-order chi connectivity index (χ0) is 13.9. The SMILES string of the molecule is Cc1cn(CCNC2CCC(C)CC2)c2ccccc12. The summed E-state index contributed by atoms with van der Waals surface area (Å²) < 4.78 is 2.39. The standard InChI is InChI=1S/C18H26N2/c1-14-7-9-16(10-8-14)19-11-12-20-13-15(2)17-5-3-4-6-18(17)20/h3-6,13-14,16,19H,7-12H2,1-2H3. The van der Waals surface area contributed by atoms with Crippen LogP contribution in [0.2, 0.25) is 0 Å². The molecule has 0 saturated heterocycles. The van der Waals surface area contributed by atoms with E-state index in [1.54, 1.807) is 0 Å². The number of benzene rings is 1. The molecule has 3 rings (SSSR count). The van der Waals surface area contributed by atoms with Crippen LogP contribution in [0.15, 0.2) is 30.5 Å². The molecule has 0 atom stereocenters. The third kappa shape index (κ3) is 2.90. The van der Waals surface area contributed by atoms with Crippen molar-refractivity contribution in [3.63, 3.8) is 0 Å². The fourth-order valence-corrected chi connectivity index (χ4v) is 3.47. The lowest BCUT2D eigenvalue weighted by atomic mass is 9.87. The van der Waals surface area contributed by atoms with Gasteiger partial charge in [0.25, 0.3) is 0 Å². The van der Waals surface area contributed by atoms with Crippen molar-refractivity contribution in [2.24, 2.45) is 5.92 Å². The van der Waals surface area contributed by atoms with Crippen molar-refractivity contribution in [1.82, 2.24) is 9.88 Å². The fourth-order valence-electron chi connectivity index (χ4n) is 3.47. The van der Waals surface area contributed by atoms with Gasteiger partial charge in [-0.3, -0.25) is 0 Å². The van der Waals surface area contributed by atoms with E-state index in [0.29, 0.717) is 0 Å². The monoisotopic (exact) mass is 270 g/mol. The number of hydrogen-bond donors (Lipinski definition) is 1. The molecule has 0 spiro atoms. The van der Waals surface area contributed by atoms with Gasteiger partial charge in [0.1, 0.15) is 0 Å². The van der Waals surface area contributed by atoms with E-state index in [2.05, 4.69) is 54.2 Å². The van der Waals surface area contributed by atoms with Crippen molar-refractivity contribution in [1.29, 1.82) is 0 Å². The first kappa shape index (κ1) is 13.7. The van der Waals surface area contributed by atoms with Crippen LogP contribution in [0, 0.1) is 12.8 Å². The molecule has 108 valence electrons. The Kier molecular flexibility index (Phi) is 4.11. The van der Waals surface area contributed by atoms with Crippen LogP contribution in [0.4, 0.5) is 0 Å². The molecule has 1 aliphatic carbocycles. The molecule has 0 amide bonds. The lowest BCUT2D eigenvalue weighted by Crippen LogP contribution is -2.34. The molecule has 1 aromatic heterocycles. The van der Waals surface area contributed by atoms with Gasteiger partial charge in [-0.25, -0.2) is 0 Å². The predicted octanol–water partition coefficient (Wildman–Crippen LogP) is 4.12. The number of aryl methyl sites for hydroxylation is 1. The summed E-state index contributed by atoms with van der Waals surface area (Å²) in [4.78, 5) is 0. The lowest BCUT2D eigenvalue weighted by molar-refractivity contribution is 0.305. The van der Waals surface area contributed by atoms with Crippen LogP contribution in [-0.2, 0) is 6.54 Å². The van der Waals surface area contributed by atoms with Crippen LogP contribution in [0.1, 0.15) is 38.2 Å². The summed E-state index contributed by atoms with van der Waals surface area (Å²) in [5, 5.41) is 5.13. The van der Waals surface area contributed by atoms with Crippen molar-refractivity contribution in [2.75, 3.05) is 6.54 Å². The Morgan fingerprint density at radius 3 is 2.70 bits per heavy atom. The minimum absolute atomic E-state index is 0.745. The number of rotatable bonds is 4. The highest BCUT2D eigenvalue weighted by atomic mass is 15.0. The maximum absolute atomic E-state index is 3.74. The molecular formula is C18H26N2. The van der Waals surface area contributed by atoms with E-state index >= 15 is 0 Å². The topological polar surface area (TPSA) is 17.0 Å². The predicted molar refractivity (Wildman–Crippen MR) is 86.1 cm³/mol. The van der Waals surface area contributed by atoms with E-state index in [1.165, 1.54) is 42.1 Å². The van der Waals surface area contributed by atoms with Gasteiger partial charge in [0.15, 0.2) is 0 Å². The van der Waals surface area contributed by atoms with Crippen molar-refractivity contribution < 1.29 is 0 Å². The molecule has 1 saturated carbocycles. The van der Waals surface area contributed by atoms with Gasteiger partial charge in [-0.05, 0) is 50.2 Å². The average molecular weight is 270 g/mol. The van der Waals surface area contributed by atoms with Gasteiger partial charge < -0.3 is 9.88 Å². The van der Waals surface area contributed by atoms with Gasteiger partial charge in [0.05, 0.1) is 0 Å². The first-order chi connectivity index (χ1) is 9.74.